The molecule has 1 aromatic heterocycles. The zero-order valence-corrected chi connectivity index (χ0v) is 7.38. The van der Waals surface area contributed by atoms with Crippen molar-refractivity contribution >= 4 is 11.8 Å². The van der Waals surface area contributed by atoms with Gasteiger partial charge in [-0.15, -0.1) is 0 Å². The molecule has 0 saturated carbocycles. The Kier molecular flexibility index (Phi) is 3.30. The Morgan fingerprint density at radius 1 is 1.43 bits per heavy atom. The van der Waals surface area contributed by atoms with Crippen molar-refractivity contribution in [2.24, 2.45) is 5.73 Å². The molecule has 1 heterocycles. The Labute approximate surface area is 80.6 Å². The molecule has 74 valence electrons. The van der Waals surface area contributed by atoms with E-state index >= 15 is 0 Å². The average molecular weight is 194 g/mol. The van der Waals surface area contributed by atoms with Crippen LogP contribution in [0.2, 0.25) is 0 Å². The molecule has 0 saturated heterocycles. The van der Waals surface area contributed by atoms with Crippen LogP contribution in [0, 0.1) is 0 Å². The average Bonchev–Trinajstić information content (AvgIpc) is 2.18. The van der Waals surface area contributed by atoms with Gasteiger partial charge in [0.05, 0.1) is 6.04 Å². The Balaban J connectivity index is 2.62. The summed E-state index contributed by atoms with van der Waals surface area (Å²) in [6, 6.07) is 2.39. The topological polar surface area (TPSA) is 93.3 Å². The Morgan fingerprint density at radius 2 is 2.00 bits per heavy atom. The molecule has 5 nitrogen and oxygen atoms in total. The van der Waals surface area contributed by atoms with Crippen LogP contribution < -0.4 is 5.73 Å². The number of ketones is 1. The maximum Gasteiger partial charge on any atom is 0.373 e. The van der Waals surface area contributed by atoms with E-state index in [9.17, 15) is 9.59 Å². The van der Waals surface area contributed by atoms with Crippen molar-refractivity contribution in [1.82, 2.24) is 4.98 Å². The third-order valence-electron chi connectivity index (χ3n) is 1.75. The molecule has 0 fully saturated rings. The number of carboxylic acid groups (broad SMARTS) is 1. The number of nitrogens with two attached hydrogens (primary N) is 1. The molecule has 1 rings (SSSR count). The highest BCUT2D eigenvalue weighted by molar-refractivity contribution is 6.34. The molecule has 0 aliphatic carbocycles. The molecule has 0 aliphatic heterocycles. The van der Waals surface area contributed by atoms with Gasteiger partial charge in [-0.3, -0.25) is 9.78 Å². The first kappa shape index (κ1) is 10.3. The fraction of sp³-hybridized carbons (Fsp3) is 0.222. The zero-order valence-electron chi connectivity index (χ0n) is 7.38. The lowest BCUT2D eigenvalue weighted by Crippen LogP contribution is -2.37. The quantitative estimate of drug-likeness (QED) is 0.636. The van der Waals surface area contributed by atoms with Gasteiger partial charge in [0, 0.05) is 12.4 Å². The zero-order chi connectivity index (χ0) is 10.6. The molecule has 0 aliphatic rings. The number of aliphatic carboxylic acids is 1. The second-order valence-electron chi connectivity index (χ2n) is 2.84. The van der Waals surface area contributed by atoms with Crippen LogP contribution in [-0.2, 0) is 16.0 Å². The number of nitrogens with zero attached hydrogens (tertiary/aromatic N) is 1. The number of hydrogen-bond donors (Lipinski definition) is 2. The van der Waals surface area contributed by atoms with E-state index in [-0.39, 0.29) is 6.42 Å². The highest BCUT2D eigenvalue weighted by Gasteiger charge is 2.20. The Bertz CT molecular complexity index is 337. The van der Waals surface area contributed by atoms with Gasteiger partial charge >= 0.3 is 5.97 Å². The summed E-state index contributed by atoms with van der Waals surface area (Å²) in [5.41, 5.74) is 6.19. The summed E-state index contributed by atoms with van der Waals surface area (Å²) < 4.78 is 0. The molecule has 0 radical (unpaired) electrons. The van der Waals surface area contributed by atoms with Crippen LogP contribution in [0.15, 0.2) is 24.5 Å². The van der Waals surface area contributed by atoms with Crippen molar-refractivity contribution < 1.29 is 14.7 Å². The molecule has 0 amide bonds. The molecule has 1 atom stereocenters. The van der Waals surface area contributed by atoms with Crippen LogP contribution in [0.1, 0.15) is 5.56 Å². The number of rotatable bonds is 4. The largest absolute Gasteiger partial charge is 0.475 e. The second-order valence-corrected chi connectivity index (χ2v) is 2.84. The van der Waals surface area contributed by atoms with Gasteiger partial charge in [0.25, 0.3) is 5.78 Å². The summed E-state index contributed by atoms with van der Waals surface area (Å²) in [5, 5.41) is 8.39. The maximum absolute atomic E-state index is 10.9. The summed E-state index contributed by atoms with van der Waals surface area (Å²) in [7, 11) is 0. The van der Waals surface area contributed by atoms with Crippen molar-refractivity contribution in [3.8, 4) is 0 Å². The molecule has 3 N–H and O–H groups in total. The highest BCUT2D eigenvalue weighted by Crippen LogP contribution is 2.00. The normalized spacial score (nSPS) is 12.1. The van der Waals surface area contributed by atoms with E-state index in [1.807, 2.05) is 0 Å². The molecule has 0 spiro atoms. The van der Waals surface area contributed by atoms with Crippen molar-refractivity contribution in [1.29, 1.82) is 0 Å². The van der Waals surface area contributed by atoms with E-state index in [1.54, 1.807) is 24.5 Å². The molecule has 0 aromatic carbocycles. The fourth-order valence-corrected chi connectivity index (χ4v) is 1.02. The lowest BCUT2D eigenvalue weighted by Gasteiger charge is -2.06. The van der Waals surface area contributed by atoms with Crippen LogP contribution in [0.5, 0.6) is 0 Å². The smallest absolute Gasteiger partial charge is 0.373 e. The van der Waals surface area contributed by atoms with Gasteiger partial charge in [-0.1, -0.05) is 0 Å². The molecule has 0 bridgehead atoms. The third-order valence-corrected chi connectivity index (χ3v) is 1.75. The van der Waals surface area contributed by atoms with E-state index < -0.39 is 17.8 Å². The number of carbonyl (C=O) groups excluding carboxylic acids is 1. The van der Waals surface area contributed by atoms with Gasteiger partial charge in [0.15, 0.2) is 0 Å². The van der Waals surface area contributed by atoms with E-state index in [0.29, 0.717) is 0 Å². The van der Waals surface area contributed by atoms with E-state index in [1.165, 1.54) is 0 Å². The summed E-state index contributed by atoms with van der Waals surface area (Å²) in [5.74, 6) is -2.46. The first-order chi connectivity index (χ1) is 6.61. The SMILES string of the molecule is NC(Cc1ccncc1)C(=O)C(=O)O. The van der Waals surface area contributed by atoms with Gasteiger partial charge < -0.3 is 10.8 Å². The number of aromatic nitrogens is 1. The molecule has 1 unspecified atom stereocenters. The number of pyridine rings is 1. The monoisotopic (exact) mass is 194 g/mol. The van der Waals surface area contributed by atoms with Crippen molar-refractivity contribution in [2.75, 3.05) is 0 Å². The molecular formula is C9H10N2O3. The van der Waals surface area contributed by atoms with Crippen molar-refractivity contribution in [3.05, 3.63) is 30.1 Å². The van der Waals surface area contributed by atoms with E-state index in [4.69, 9.17) is 10.8 Å². The number of carbonyl (C=O) groups is 2. The van der Waals surface area contributed by atoms with Crippen LogP contribution in [0.25, 0.3) is 0 Å². The predicted molar refractivity (Wildman–Crippen MR) is 48.6 cm³/mol. The summed E-state index contributed by atoms with van der Waals surface area (Å²) in [6.07, 6.45) is 3.34. The number of hydrogen-bond acceptors (Lipinski definition) is 4. The van der Waals surface area contributed by atoms with Crippen LogP contribution in [-0.4, -0.2) is 27.9 Å². The molecule has 14 heavy (non-hydrogen) atoms. The molecular weight excluding hydrogens is 184 g/mol. The van der Waals surface area contributed by atoms with Crippen LogP contribution in [0.4, 0.5) is 0 Å². The Hall–Kier alpha value is -1.75. The van der Waals surface area contributed by atoms with Gasteiger partial charge in [-0.25, -0.2) is 4.79 Å². The van der Waals surface area contributed by atoms with Gasteiger partial charge in [0.1, 0.15) is 0 Å². The second kappa shape index (κ2) is 4.48. The molecule has 5 heteroatoms. The Morgan fingerprint density at radius 3 is 2.50 bits per heavy atom. The lowest BCUT2D eigenvalue weighted by molar-refractivity contribution is -0.149. The van der Waals surface area contributed by atoms with E-state index in [2.05, 4.69) is 4.98 Å². The fourth-order valence-electron chi connectivity index (χ4n) is 1.02. The maximum atomic E-state index is 10.9. The lowest BCUT2D eigenvalue weighted by atomic mass is 10.0. The number of Topliss-reactive ketones (excluding diaryl/α,β-unsaturated/α-hetero) is 1. The first-order valence-corrected chi connectivity index (χ1v) is 4.03. The summed E-state index contributed by atoms with van der Waals surface area (Å²) in [4.78, 5) is 25.0. The van der Waals surface area contributed by atoms with Crippen LogP contribution >= 0.6 is 0 Å². The minimum Gasteiger partial charge on any atom is -0.475 e. The van der Waals surface area contributed by atoms with Crippen molar-refractivity contribution in [3.63, 3.8) is 0 Å². The van der Waals surface area contributed by atoms with Gasteiger partial charge in [-0.2, -0.15) is 0 Å². The predicted octanol–water partition coefficient (Wildman–Crippen LogP) is -0.395. The van der Waals surface area contributed by atoms with Crippen molar-refractivity contribution in [2.45, 2.75) is 12.5 Å². The minimum atomic E-state index is -1.49. The van der Waals surface area contributed by atoms with Crippen LogP contribution in [0.3, 0.4) is 0 Å². The van der Waals surface area contributed by atoms with Gasteiger partial charge in [0.2, 0.25) is 0 Å². The summed E-state index contributed by atoms with van der Waals surface area (Å²) >= 11 is 0. The first-order valence-electron chi connectivity index (χ1n) is 4.03. The number of carboxylic acids is 1. The minimum absolute atomic E-state index is 0.216. The standard InChI is InChI=1S/C9H10N2O3/c10-7(8(12)9(13)14)5-6-1-3-11-4-2-6/h1-4,7H,5,10H2,(H,13,14). The highest BCUT2D eigenvalue weighted by atomic mass is 16.4. The van der Waals surface area contributed by atoms with Gasteiger partial charge in [-0.05, 0) is 24.1 Å². The third kappa shape index (κ3) is 2.63. The van der Waals surface area contributed by atoms with E-state index in [0.717, 1.165) is 5.56 Å². The summed E-state index contributed by atoms with van der Waals surface area (Å²) in [6.45, 7) is 0. The molecule has 1 aromatic rings.